The van der Waals surface area contributed by atoms with E-state index in [9.17, 15) is 10.2 Å². The van der Waals surface area contributed by atoms with E-state index in [1.807, 2.05) is 25.1 Å². The predicted octanol–water partition coefficient (Wildman–Crippen LogP) is 1.04. The summed E-state index contributed by atoms with van der Waals surface area (Å²) in [5, 5.41) is 20.6. The summed E-state index contributed by atoms with van der Waals surface area (Å²) in [6.45, 7) is 6.14. The second-order valence-electron chi connectivity index (χ2n) is 5.72. The molecule has 1 aliphatic heterocycles. The summed E-state index contributed by atoms with van der Waals surface area (Å²) in [7, 11) is -2.12. The topological polar surface area (TPSA) is 49.7 Å². The summed E-state index contributed by atoms with van der Waals surface area (Å²) < 4.78 is 5.99. The van der Waals surface area contributed by atoms with Crippen LogP contribution in [0.1, 0.15) is 13.3 Å². The molecule has 0 saturated carbocycles. The largest absolute Gasteiger partial charge is 0.394 e. The Morgan fingerprint density at radius 3 is 2.39 bits per heavy atom. The van der Waals surface area contributed by atoms with Gasteiger partial charge in [-0.15, -0.1) is 0 Å². The number of rotatable bonds is 3. The lowest BCUT2D eigenvalue weighted by atomic mass is 10.1. The molecule has 0 radical (unpaired) electrons. The van der Waals surface area contributed by atoms with E-state index in [4.69, 9.17) is 4.74 Å². The number of ether oxygens (including phenoxy) is 1. The molecule has 0 spiro atoms. The third-order valence-electron chi connectivity index (χ3n) is 4.29. The third kappa shape index (κ3) is 1.93. The average molecular weight is 266 g/mol. The molecule has 0 aliphatic carbocycles. The zero-order valence-corrected chi connectivity index (χ0v) is 12.3. The molecule has 2 rings (SSSR count). The van der Waals surface area contributed by atoms with Crippen LogP contribution in [0.15, 0.2) is 30.3 Å². The second-order valence-corrected chi connectivity index (χ2v) is 10.4. The molecule has 3 nitrogen and oxygen atoms in total. The van der Waals surface area contributed by atoms with Crippen molar-refractivity contribution < 1.29 is 14.9 Å². The standard InChI is InChI=1S/C14H22O3Si/c1-11-9-13(16)14(10-15,17-11)18(2,3)12-7-5-4-6-8-12/h4-8,11,13,15-16H,9-10H2,1-3H3/t11-,13-,14-/m0/s1. The lowest BCUT2D eigenvalue weighted by molar-refractivity contribution is -0.0566. The molecule has 1 heterocycles. The van der Waals surface area contributed by atoms with Gasteiger partial charge < -0.3 is 14.9 Å². The Kier molecular flexibility index (Phi) is 3.64. The number of benzene rings is 1. The molecule has 1 saturated heterocycles. The van der Waals surface area contributed by atoms with Gasteiger partial charge in [-0.25, -0.2) is 0 Å². The molecular formula is C14H22O3Si. The van der Waals surface area contributed by atoms with E-state index >= 15 is 0 Å². The SMILES string of the molecule is C[C@H]1C[C@H](O)[C@](CO)([Si](C)(C)c2ccccc2)O1. The zero-order chi connectivity index (χ0) is 13.4. The van der Waals surface area contributed by atoms with Gasteiger partial charge in [-0.3, -0.25) is 0 Å². The van der Waals surface area contributed by atoms with Crippen LogP contribution in [0.3, 0.4) is 0 Å². The molecule has 100 valence electrons. The predicted molar refractivity (Wildman–Crippen MR) is 74.5 cm³/mol. The Morgan fingerprint density at radius 2 is 1.94 bits per heavy atom. The van der Waals surface area contributed by atoms with Gasteiger partial charge in [0.2, 0.25) is 0 Å². The van der Waals surface area contributed by atoms with E-state index in [-0.39, 0.29) is 12.7 Å². The molecule has 1 aliphatic rings. The second kappa shape index (κ2) is 4.77. The van der Waals surface area contributed by atoms with Gasteiger partial charge >= 0.3 is 0 Å². The van der Waals surface area contributed by atoms with Crippen LogP contribution >= 0.6 is 0 Å². The van der Waals surface area contributed by atoms with E-state index in [1.165, 1.54) is 5.19 Å². The molecule has 1 aromatic rings. The van der Waals surface area contributed by atoms with Crippen LogP contribution in [0, 0.1) is 0 Å². The van der Waals surface area contributed by atoms with Crippen molar-refractivity contribution in [3.05, 3.63) is 30.3 Å². The Labute approximate surface area is 109 Å². The first kappa shape index (κ1) is 13.7. The van der Waals surface area contributed by atoms with E-state index < -0.39 is 19.4 Å². The van der Waals surface area contributed by atoms with Gasteiger partial charge in [0.25, 0.3) is 0 Å². The molecule has 2 N–H and O–H groups in total. The van der Waals surface area contributed by atoms with E-state index in [0.29, 0.717) is 6.42 Å². The summed E-state index contributed by atoms with van der Waals surface area (Å²) >= 11 is 0. The highest BCUT2D eigenvalue weighted by Crippen LogP contribution is 2.37. The Balaban J connectivity index is 2.44. The van der Waals surface area contributed by atoms with Crippen molar-refractivity contribution in [3.63, 3.8) is 0 Å². The summed E-state index contributed by atoms with van der Waals surface area (Å²) in [4.78, 5) is 0. The first-order valence-electron chi connectivity index (χ1n) is 6.46. The van der Waals surface area contributed by atoms with Crippen LogP contribution in [0.4, 0.5) is 0 Å². The lowest BCUT2D eigenvalue weighted by Crippen LogP contribution is -2.68. The number of hydrogen-bond acceptors (Lipinski definition) is 3. The summed E-state index contributed by atoms with van der Waals surface area (Å²) in [6.07, 6.45) is 0.0195. The fourth-order valence-corrected chi connectivity index (χ4v) is 6.35. The van der Waals surface area contributed by atoms with E-state index in [1.54, 1.807) is 0 Å². The highest BCUT2D eigenvalue weighted by Gasteiger charge is 2.57. The van der Waals surface area contributed by atoms with Gasteiger partial charge in [0, 0.05) is 6.42 Å². The molecule has 3 atom stereocenters. The Morgan fingerprint density at radius 1 is 1.33 bits per heavy atom. The minimum absolute atomic E-state index is 0.00244. The van der Waals surface area contributed by atoms with Crippen molar-refractivity contribution >= 4 is 13.3 Å². The molecule has 0 amide bonds. The van der Waals surface area contributed by atoms with Gasteiger partial charge in [0.1, 0.15) is 13.3 Å². The maximum atomic E-state index is 10.4. The third-order valence-corrected chi connectivity index (χ3v) is 8.80. The van der Waals surface area contributed by atoms with Crippen LogP contribution in [0.2, 0.25) is 13.1 Å². The smallest absolute Gasteiger partial charge is 0.123 e. The van der Waals surface area contributed by atoms with Gasteiger partial charge in [-0.2, -0.15) is 0 Å². The highest BCUT2D eigenvalue weighted by atomic mass is 28.3. The van der Waals surface area contributed by atoms with Gasteiger partial charge in [0.15, 0.2) is 0 Å². The van der Waals surface area contributed by atoms with Crippen LogP contribution in [0.25, 0.3) is 0 Å². The maximum absolute atomic E-state index is 10.4. The number of hydrogen-bond donors (Lipinski definition) is 2. The van der Waals surface area contributed by atoms with Crippen molar-refractivity contribution in [2.24, 2.45) is 0 Å². The van der Waals surface area contributed by atoms with Crippen LogP contribution in [-0.2, 0) is 4.74 Å². The summed E-state index contributed by atoms with van der Waals surface area (Å²) in [5.74, 6) is 0. The molecule has 0 bridgehead atoms. The molecule has 1 fully saturated rings. The van der Waals surface area contributed by atoms with E-state index in [0.717, 1.165) is 0 Å². The normalized spacial score (nSPS) is 32.7. The first-order valence-corrected chi connectivity index (χ1v) is 9.46. The fourth-order valence-electron chi connectivity index (χ4n) is 2.99. The molecule has 1 aromatic carbocycles. The zero-order valence-electron chi connectivity index (χ0n) is 11.3. The fraction of sp³-hybridized carbons (Fsp3) is 0.571. The van der Waals surface area contributed by atoms with Crippen LogP contribution < -0.4 is 5.19 Å². The van der Waals surface area contributed by atoms with Gasteiger partial charge in [-0.05, 0) is 6.92 Å². The highest BCUT2D eigenvalue weighted by molar-refractivity contribution is 6.92. The lowest BCUT2D eigenvalue weighted by Gasteiger charge is -2.43. The van der Waals surface area contributed by atoms with Crippen molar-refractivity contribution in [3.8, 4) is 0 Å². The van der Waals surface area contributed by atoms with Crippen molar-refractivity contribution in [1.82, 2.24) is 0 Å². The van der Waals surface area contributed by atoms with Crippen molar-refractivity contribution in [2.75, 3.05) is 6.61 Å². The molecule has 18 heavy (non-hydrogen) atoms. The van der Waals surface area contributed by atoms with Crippen molar-refractivity contribution in [1.29, 1.82) is 0 Å². The monoisotopic (exact) mass is 266 g/mol. The number of aliphatic hydroxyl groups excluding tert-OH is 2. The molecular weight excluding hydrogens is 244 g/mol. The van der Waals surface area contributed by atoms with Gasteiger partial charge in [0.05, 0.1) is 18.8 Å². The quantitative estimate of drug-likeness (QED) is 0.804. The van der Waals surface area contributed by atoms with Gasteiger partial charge in [-0.1, -0.05) is 48.6 Å². The Bertz CT molecular complexity index is 407. The first-order chi connectivity index (χ1) is 8.44. The van der Waals surface area contributed by atoms with Crippen molar-refractivity contribution in [2.45, 2.75) is 43.9 Å². The van der Waals surface area contributed by atoms with Crippen LogP contribution in [0.5, 0.6) is 0 Å². The molecule has 4 heteroatoms. The summed E-state index contributed by atoms with van der Waals surface area (Å²) in [5.41, 5.74) is 0. The maximum Gasteiger partial charge on any atom is 0.123 e. The van der Waals surface area contributed by atoms with E-state index in [2.05, 4.69) is 25.2 Å². The minimum Gasteiger partial charge on any atom is -0.394 e. The molecule has 0 aromatic heterocycles. The molecule has 0 unspecified atom stereocenters. The minimum atomic E-state index is -2.12. The van der Waals surface area contributed by atoms with Crippen LogP contribution in [-0.4, -0.2) is 42.3 Å². The number of aliphatic hydroxyl groups is 2. The average Bonchev–Trinajstić information content (AvgIpc) is 2.66. The Hall–Kier alpha value is -0.683. The summed E-state index contributed by atoms with van der Waals surface area (Å²) in [6, 6.07) is 10.1.